The van der Waals surface area contributed by atoms with Crippen molar-refractivity contribution in [2.24, 2.45) is 5.92 Å². The van der Waals surface area contributed by atoms with Gasteiger partial charge in [0.25, 0.3) is 0 Å². The fourth-order valence-electron chi connectivity index (χ4n) is 3.29. The summed E-state index contributed by atoms with van der Waals surface area (Å²) in [6.07, 6.45) is 4.12. The second kappa shape index (κ2) is 5.66. The van der Waals surface area contributed by atoms with Gasteiger partial charge < -0.3 is 5.32 Å². The van der Waals surface area contributed by atoms with Crippen molar-refractivity contribution in [2.45, 2.75) is 65.3 Å². The highest BCUT2D eigenvalue weighted by Crippen LogP contribution is 2.40. The molecule has 2 atom stereocenters. The predicted molar refractivity (Wildman–Crippen MR) is 83.8 cm³/mol. The fourth-order valence-corrected chi connectivity index (χ4v) is 3.29. The molecule has 0 radical (unpaired) electrons. The molecule has 1 saturated carbocycles. The number of nitrogens with one attached hydrogen (secondary N) is 1. The van der Waals surface area contributed by atoms with Gasteiger partial charge in [-0.1, -0.05) is 30.2 Å². The van der Waals surface area contributed by atoms with E-state index in [9.17, 15) is 0 Å². The van der Waals surface area contributed by atoms with Crippen LogP contribution in [0.25, 0.3) is 0 Å². The molecule has 1 nitrogen and oxygen atoms in total. The Kier molecular flexibility index (Phi) is 4.35. The van der Waals surface area contributed by atoms with Crippen LogP contribution in [-0.2, 0) is 0 Å². The van der Waals surface area contributed by atoms with Crippen LogP contribution >= 0.6 is 0 Å². The van der Waals surface area contributed by atoms with Crippen molar-refractivity contribution >= 4 is 0 Å². The van der Waals surface area contributed by atoms with Crippen LogP contribution in [0.3, 0.4) is 0 Å². The molecule has 1 aromatic rings. The normalized spacial score (nSPS) is 23.8. The minimum atomic E-state index is 0.231. The summed E-state index contributed by atoms with van der Waals surface area (Å²) in [5.74, 6) is 1.56. The number of hydrogen-bond donors (Lipinski definition) is 1. The zero-order chi connectivity index (χ0) is 14.0. The van der Waals surface area contributed by atoms with E-state index >= 15 is 0 Å². The van der Waals surface area contributed by atoms with Crippen LogP contribution in [0.1, 0.15) is 62.6 Å². The highest BCUT2D eigenvalue weighted by molar-refractivity contribution is 5.34. The number of hydrogen-bond acceptors (Lipinski definition) is 1. The zero-order valence-corrected chi connectivity index (χ0v) is 13.2. The first-order valence-corrected chi connectivity index (χ1v) is 7.69. The summed E-state index contributed by atoms with van der Waals surface area (Å²) in [6, 6.07) is 6.93. The lowest BCUT2D eigenvalue weighted by molar-refractivity contribution is 0.356. The third-order valence-electron chi connectivity index (χ3n) is 4.39. The van der Waals surface area contributed by atoms with Crippen LogP contribution in [0.5, 0.6) is 0 Å². The van der Waals surface area contributed by atoms with E-state index in [4.69, 9.17) is 0 Å². The lowest BCUT2D eigenvalue weighted by Gasteiger charge is -2.27. The summed E-state index contributed by atoms with van der Waals surface area (Å²) in [7, 11) is 0. The Labute approximate surface area is 118 Å². The fraction of sp³-hybridized carbons (Fsp3) is 0.667. The van der Waals surface area contributed by atoms with E-state index in [0.717, 1.165) is 18.4 Å². The first kappa shape index (κ1) is 14.6. The lowest BCUT2D eigenvalue weighted by Crippen LogP contribution is -2.39. The van der Waals surface area contributed by atoms with Crippen molar-refractivity contribution in [1.82, 2.24) is 5.32 Å². The van der Waals surface area contributed by atoms with Crippen molar-refractivity contribution in [1.29, 1.82) is 0 Å². The van der Waals surface area contributed by atoms with E-state index in [-0.39, 0.29) is 5.54 Å². The third kappa shape index (κ3) is 3.82. The van der Waals surface area contributed by atoms with Gasteiger partial charge in [-0.3, -0.25) is 0 Å². The number of rotatable bonds is 3. The maximum Gasteiger partial charge on any atom is 0.00966 e. The summed E-state index contributed by atoms with van der Waals surface area (Å²) in [5.41, 5.74) is 4.70. The van der Waals surface area contributed by atoms with Crippen molar-refractivity contribution < 1.29 is 0 Å². The molecule has 106 valence electrons. The summed E-state index contributed by atoms with van der Waals surface area (Å²) < 4.78 is 0. The van der Waals surface area contributed by atoms with Crippen LogP contribution in [-0.4, -0.2) is 12.1 Å². The lowest BCUT2D eigenvalue weighted by atomic mass is 9.85. The van der Waals surface area contributed by atoms with Gasteiger partial charge in [-0.15, -0.1) is 0 Å². The Morgan fingerprint density at radius 2 is 1.89 bits per heavy atom. The van der Waals surface area contributed by atoms with Gasteiger partial charge in [0.2, 0.25) is 0 Å². The highest BCUT2D eigenvalue weighted by atomic mass is 14.9. The predicted octanol–water partition coefficient (Wildman–Crippen LogP) is 4.58. The molecule has 1 N–H and O–H groups in total. The molecule has 0 bridgehead atoms. The van der Waals surface area contributed by atoms with Gasteiger partial charge in [-0.25, -0.2) is 0 Å². The smallest absolute Gasteiger partial charge is 0.00966 e. The van der Waals surface area contributed by atoms with E-state index < -0.39 is 0 Å². The molecule has 1 aliphatic carbocycles. The van der Waals surface area contributed by atoms with Gasteiger partial charge in [-0.05, 0) is 77.0 Å². The van der Waals surface area contributed by atoms with Crippen LogP contribution < -0.4 is 5.32 Å². The summed E-state index contributed by atoms with van der Waals surface area (Å²) in [6.45, 7) is 12.4. The van der Waals surface area contributed by atoms with Gasteiger partial charge in [0, 0.05) is 5.54 Å². The minimum absolute atomic E-state index is 0.231. The average molecular weight is 259 g/mol. The Hall–Kier alpha value is -0.820. The van der Waals surface area contributed by atoms with Gasteiger partial charge in [0.15, 0.2) is 0 Å². The summed E-state index contributed by atoms with van der Waals surface area (Å²) in [5, 5.41) is 3.70. The van der Waals surface area contributed by atoms with Crippen molar-refractivity contribution in [2.75, 3.05) is 6.54 Å². The molecule has 0 aromatic heterocycles. The molecule has 0 heterocycles. The maximum absolute atomic E-state index is 3.70. The van der Waals surface area contributed by atoms with Crippen LogP contribution in [0.15, 0.2) is 18.2 Å². The molecule has 19 heavy (non-hydrogen) atoms. The molecule has 0 amide bonds. The standard InChI is InChI=1S/C18H29N/c1-13-9-10-14(2)17(11-13)16-8-6-7-15(16)12-19-18(3,4)5/h9-11,15-16,19H,6-8,12H2,1-5H3. The molecule has 2 rings (SSSR count). The van der Waals surface area contributed by atoms with Crippen molar-refractivity contribution in [3.8, 4) is 0 Å². The van der Waals surface area contributed by atoms with E-state index in [1.807, 2.05) is 0 Å². The molecule has 1 aliphatic rings. The van der Waals surface area contributed by atoms with Gasteiger partial charge in [0.1, 0.15) is 0 Å². The topological polar surface area (TPSA) is 12.0 Å². The molecular weight excluding hydrogens is 230 g/mol. The minimum Gasteiger partial charge on any atom is -0.312 e. The molecule has 1 aromatic carbocycles. The second-order valence-corrected chi connectivity index (χ2v) is 7.29. The van der Waals surface area contributed by atoms with E-state index in [2.05, 4.69) is 58.1 Å². The van der Waals surface area contributed by atoms with Crippen LogP contribution in [0, 0.1) is 19.8 Å². The monoisotopic (exact) mass is 259 g/mol. The van der Waals surface area contributed by atoms with E-state index in [1.165, 1.54) is 30.4 Å². The molecule has 0 saturated heterocycles. The van der Waals surface area contributed by atoms with Gasteiger partial charge in [-0.2, -0.15) is 0 Å². The van der Waals surface area contributed by atoms with E-state index in [1.54, 1.807) is 5.56 Å². The number of benzene rings is 1. The Morgan fingerprint density at radius 3 is 2.58 bits per heavy atom. The zero-order valence-electron chi connectivity index (χ0n) is 13.2. The SMILES string of the molecule is Cc1ccc(C)c(C2CCCC2CNC(C)(C)C)c1. The average Bonchev–Trinajstić information content (AvgIpc) is 2.77. The molecule has 1 fully saturated rings. The van der Waals surface area contributed by atoms with Gasteiger partial charge >= 0.3 is 0 Å². The Bertz CT molecular complexity index is 428. The summed E-state index contributed by atoms with van der Waals surface area (Å²) in [4.78, 5) is 0. The largest absolute Gasteiger partial charge is 0.312 e. The maximum atomic E-state index is 3.70. The molecule has 1 heteroatoms. The van der Waals surface area contributed by atoms with Crippen LogP contribution in [0.2, 0.25) is 0 Å². The molecule has 2 unspecified atom stereocenters. The Balaban J connectivity index is 2.12. The summed E-state index contributed by atoms with van der Waals surface area (Å²) >= 11 is 0. The van der Waals surface area contributed by atoms with Crippen molar-refractivity contribution in [3.63, 3.8) is 0 Å². The molecule has 0 aliphatic heterocycles. The molecular formula is C18H29N. The van der Waals surface area contributed by atoms with Crippen molar-refractivity contribution in [3.05, 3.63) is 34.9 Å². The molecule has 0 spiro atoms. The second-order valence-electron chi connectivity index (χ2n) is 7.29. The van der Waals surface area contributed by atoms with E-state index in [0.29, 0.717) is 0 Å². The Morgan fingerprint density at radius 1 is 1.16 bits per heavy atom. The number of aryl methyl sites for hydroxylation is 2. The van der Waals surface area contributed by atoms with Crippen LogP contribution in [0.4, 0.5) is 0 Å². The third-order valence-corrected chi connectivity index (χ3v) is 4.39. The highest BCUT2D eigenvalue weighted by Gasteiger charge is 2.30. The quantitative estimate of drug-likeness (QED) is 0.838. The van der Waals surface area contributed by atoms with Gasteiger partial charge in [0.05, 0.1) is 0 Å². The first-order valence-electron chi connectivity index (χ1n) is 7.69. The first-order chi connectivity index (χ1) is 8.87.